The van der Waals surface area contributed by atoms with Gasteiger partial charge in [-0.3, -0.25) is 9.69 Å². The highest BCUT2D eigenvalue weighted by atomic mass is 32.2. The van der Waals surface area contributed by atoms with Crippen LogP contribution in [0, 0.1) is 0 Å². The summed E-state index contributed by atoms with van der Waals surface area (Å²) in [5.74, 6) is 1.34. The first kappa shape index (κ1) is 14.8. The fourth-order valence-electron chi connectivity index (χ4n) is 1.97. The monoisotopic (exact) mass is 259 g/mol. The number of carbonyl (C=O) groups is 1. The summed E-state index contributed by atoms with van der Waals surface area (Å²) in [6, 6.07) is 0.334. The van der Waals surface area contributed by atoms with Gasteiger partial charge in [0.05, 0.1) is 6.54 Å². The number of thioether (sulfide) groups is 1. The molecule has 1 aliphatic rings. The third kappa shape index (κ3) is 6.91. The normalized spacial score (nSPS) is 18.2. The highest BCUT2D eigenvalue weighted by Crippen LogP contribution is 2.07. The highest BCUT2D eigenvalue weighted by Gasteiger charge is 2.17. The summed E-state index contributed by atoms with van der Waals surface area (Å²) in [5, 5.41) is 2.98. The van der Waals surface area contributed by atoms with E-state index in [0.717, 1.165) is 38.9 Å². The van der Waals surface area contributed by atoms with Gasteiger partial charge in [-0.25, -0.2) is 0 Å². The minimum Gasteiger partial charge on any atom is -0.355 e. The van der Waals surface area contributed by atoms with Crippen molar-refractivity contribution in [3.63, 3.8) is 0 Å². The van der Waals surface area contributed by atoms with Gasteiger partial charge in [0, 0.05) is 25.7 Å². The molecule has 0 spiro atoms. The molecule has 1 amide bonds. The lowest BCUT2D eigenvalue weighted by molar-refractivity contribution is -0.122. The molecule has 5 heteroatoms. The Morgan fingerprint density at radius 1 is 1.41 bits per heavy atom. The molecular weight excluding hydrogens is 234 g/mol. The first-order valence-corrected chi connectivity index (χ1v) is 7.85. The van der Waals surface area contributed by atoms with Crippen molar-refractivity contribution in [2.75, 3.05) is 38.2 Å². The molecular formula is C12H25N3OS. The lowest BCUT2D eigenvalue weighted by Crippen LogP contribution is -2.44. The smallest absolute Gasteiger partial charge is 0.234 e. The molecule has 4 nitrogen and oxygen atoms in total. The highest BCUT2D eigenvalue weighted by molar-refractivity contribution is 7.98. The Bertz CT molecular complexity index is 218. The number of piperidine rings is 1. The van der Waals surface area contributed by atoms with Gasteiger partial charge >= 0.3 is 0 Å². The van der Waals surface area contributed by atoms with Crippen LogP contribution in [0.5, 0.6) is 0 Å². The zero-order valence-corrected chi connectivity index (χ0v) is 11.6. The Morgan fingerprint density at radius 3 is 2.76 bits per heavy atom. The molecule has 1 fully saturated rings. The Labute approximate surface area is 109 Å². The van der Waals surface area contributed by atoms with Crippen LogP contribution in [0.3, 0.4) is 0 Å². The van der Waals surface area contributed by atoms with Crippen LogP contribution in [0.25, 0.3) is 0 Å². The second-order valence-corrected chi connectivity index (χ2v) is 5.65. The molecule has 0 aromatic heterocycles. The average Bonchev–Trinajstić information content (AvgIpc) is 2.32. The maximum absolute atomic E-state index is 11.6. The van der Waals surface area contributed by atoms with Crippen LogP contribution in [0.15, 0.2) is 0 Å². The molecule has 0 aromatic carbocycles. The zero-order chi connectivity index (χ0) is 12.5. The molecule has 0 bridgehead atoms. The van der Waals surface area contributed by atoms with Crippen molar-refractivity contribution in [3.8, 4) is 0 Å². The largest absolute Gasteiger partial charge is 0.355 e. The second kappa shape index (κ2) is 8.78. The number of rotatable bonds is 7. The number of nitrogens with two attached hydrogens (primary N) is 1. The molecule has 0 saturated carbocycles. The van der Waals surface area contributed by atoms with Crippen molar-refractivity contribution in [2.45, 2.75) is 31.7 Å². The average molecular weight is 259 g/mol. The number of unbranched alkanes of at least 4 members (excludes halogenated alkanes) is 1. The van der Waals surface area contributed by atoms with Crippen molar-refractivity contribution >= 4 is 17.7 Å². The van der Waals surface area contributed by atoms with Gasteiger partial charge in [0.15, 0.2) is 0 Å². The van der Waals surface area contributed by atoms with Gasteiger partial charge in [-0.05, 0) is 37.7 Å². The van der Waals surface area contributed by atoms with E-state index in [-0.39, 0.29) is 5.91 Å². The molecule has 0 aromatic rings. The summed E-state index contributed by atoms with van der Waals surface area (Å²) < 4.78 is 0. The van der Waals surface area contributed by atoms with Gasteiger partial charge < -0.3 is 11.1 Å². The maximum Gasteiger partial charge on any atom is 0.234 e. The summed E-state index contributed by atoms with van der Waals surface area (Å²) in [5.41, 5.74) is 5.83. The van der Waals surface area contributed by atoms with E-state index in [1.54, 1.807) is 0 Å². The first-order chi connectivity index (χ1) is 8.22. The SMILES string of the molecule is CSCCCCNC(=O)CN1CCC(N)CC1. The molecule has 1 heterocycles. The van der Waals surface area contributed by atoms with Gasteiger partial charge in [-0.2, -0.15) is 11.8 Å². The summed E-state index contributed by atoms with van der Waals surface area (Å²) in [6.45, 7) is 3.27. The van der Waals surface area contributed by atoms with Crippen LogP contribution in [-0.4, -0.2) is 55.0 Å². The predicted octanol–water partition coefficient (Wildman–Crippen LogP) is 0.669. The fraction of sp³-hybridized carbons (Fsp3) is 0.917. The standard InChI is InChI=1S/C12H25N3OS/c1-17-9-3-2-6-14-12(16)10-15-7-4-11(13)5-8-15/h11H,2-10,13H2,1H3,(H,14,16). The van der Waals surface area contributed by atoms with Gasteiger partial charge in [0.1, 0.15) is 0 Å². The number of amides is 1. The molecule has 0 atom stereocenters. The minimum atomic E-state index is 0.157. The molecule has 3 N–H and O–H groups in total. The molecule has 0 aliphatic carbocycles. The Morgan fingerprint density at radius 2 is 2.12 bits per heavy atom. The van der Waals surface area contributed by atoms with Crippen molar-refractivity contribution in [2.24, 2.45) is 5.73 Å². The quantitative estimate of drug-likeness (QED) is 0.660. The van der Waals surface area contributed by atoms with Crippen LogP contribution >= 0.6 is 11.8 Å². The van der Waals surface area contributed by atoms with E-state index in [1.165, 1.54) is 12.2 Å². The van der Waals surface area contributed by atoms with E-state index in [2.05, 4.69) is 16.5 Å². The van der Waals surface area contributed by atoms with Crippen LogP contribution < -0.4 is 11.1 Å². The third-order valence-corrected chi connectivity index (χ3v) is 3.79. The maximum atomic E-state index is 11.6. The summed E-state index contributed by atoms with van der Waals surface area (Å²) >= 11 is 1.86. The lowest BCUT2D eigenvalue weighted by Gasteiger charge is -2.29. The Balaban J connectivity index is 2.00. The molecule has 0 radical (unpaired) electrons. The zero-order valence-electron chi connectivity index (χ0n) is 10.8. The minimum absolute atomic E-state index is 0.157. The van der Waals surface area contributed by atoms with Crippen LogP contribution in [0.4, 0.5) is 0 Å². The number of likely N-dealkylation sites (tertiary alicyclic amines) is 1. The lowest BCUT2D eigenvalue weighted by atomic mass is 10.1. The second-order valence-electron chi connectivity index (χ2n) is 4.66. The number of nitrogens with zero attached hydrogens (tertiary/aromatic N) is 1. The van der Waals surface area contributed by atoms with Gasteiger partial charge in [-0.15, -0.1) is 0 Å². The van der Waals surface area contributed by atoms with Crippen molar-refractivity contribution in [1.29, 1.82) is 0 Å². The number of hydrogen-bond donors (Lipinski definition) is 2. The van der Waals surface area contributed by atoms with Gasteiger partial charge in [0.25, 0.3) is 0 Å². The summed E-state index contributed by atoms with van der Waals surface area (Å²) in [6.07, 6.45) is 6.40. The van der Waals surface area contributed by atoms with Crippen molar-refractivity contribution in [3.05, 3.63) is 0 Å². The summed E-state index contributed by atoms with van der Waals surface area (Å²) in [7, 11) is 0. The molecule has 17 heavy (non-hydrogen) atoms. The molecule has 1 saturated heterocycles. The first-order valence-electron chi connectivity index (χ1n) is 6.46. The van der Waals surface area contributed by atoms with E-state index in [0.29, 0.717) is 12.6 Å². The molecule has 1 aliphatic heterocycles. The van der Waals surface area contributed by atoms with E-state index in [9.17, 15) is 4.79 Å². The number of hydrogen-bond acceptors (Lipinski definition) is 4. The van der Waals surface area contributed by atoms with Gasteiger partial charge in [0.2, 0.25) is 5.91 Å². The van der Waals surface area contributed by atoms with E-state index >= 15 is 0 Å². The molecule has 0 unspecified atom stereocenters. The molecule has 100 valence electrons. The van der Waals surface area contributed by atoms with Crippen molar-refractivity contribution < 1.29 is 4.79 Å². The number of nitrogens with one attached hydrogen (secondary N) is 1. The number of carbonyl (C=O) groups excluding carboxylic acids is 1. The fourth-order valence-corrected chi connectivity index (χ4v) is 2.46. The van der Waals surface area contributed by atoms with E-state index < -0.39 is 0 Å². The Kier molecular flexibility index (Phi) is 7.64. The van der Waals surface area contributed by atoms with E-state index in [4.69, 9.17) is 5.73 Å². The summed E-state index contributed by atoms with van der Waals surface area (Å²) in [4.78, 5) is 13.8. The van der Waals surface area contributed by atoms with Gasteiger partial charge in [-0.1, -0.05) is 0 Å². The van der Waals surface area contributed by atoms with Crippen LogP contribution in [0.1, 0.15) is 25.7 Å². The predicted molar refractivity (Wildman–Crippen MR) is 74.3 cm³/mol. The van der Waals surface area contributed by atoms with Crippen molar-refractivity contribution in [1.82, 2.24) is 10.2 Å². The molecule has 1 rings (SSSR count). The van der Waals surface area contributed by atoms with Crippen LogP contribution in [-0.2, 0) is 4.79 Å². The van der Waals surface area contributed by atoms with Crippen LogP contribution in [0.2, 0.25) is 0 Å². The van der Waals surface area contributed by atoms with E-state index in [1.807, 2.05) is 11.8 Å². The topological polar surface area (TPSA) is 58.4 Å². The third-order valence-electron chi connectivity index (χ3n) is 3.10. The Hall–Kier alpha value is -0.260.